The van der Waals surface area contributed by atoms with Crippen LogP contribution in [0, 0.1) is 0 Å². The molecule has 4 heteroatoms. The minimum Gasteiger partial charge on any atom is -0.469 e. The van der Waals surface area contributed by atoms with Crippen molar-refractivity contribution in [2.75, 3.05) is 13.1 Å². The van der Waals surface area contributed by atoms with E-state index in [0.717, 1.165) is 34.0 Å². The topological polar surface area (TPSA) is 43.2 Å². The van der Waals surface area contributed by atoms with Gasteiger partial charge < -0.3 is 9.47 Å². The number of hydrogen-bond donors (Lipinski definition) is 0. The largest absolute Gasteiger partial charge is 0.469 e. The summed E-state index contributed by atoms with van der Waals surface area (Å²) < 4.78 is 12.2. The van der Waals surface area contributed by atoms with Crippen molar-refractivity contribution in [2.24, 2.45) is 9.98 Å². The molecule has 0 saturated carbocycles. The predicted molar refractivity (Wildman–Crippen MR) is 183 cm³/mol. The van der Waals surface area contributed by atoms with Crippen molar-refractivity contribution in [3.63, 3.8) is 0 Å². The van der Waals surface area contributed by atoms with Crippen LogP contribution in [0.1, 0.15) is 38.8 Å². The Labute approximate surface area is 257 Å². The van der Waals surface area contributed by atoms with Gasteiger partial charge in [0.2, 0.25) is 11.8 Å². The highest BCUT2D eigenvalue weighted by Gasteiger charge is 2.29. The average molecular weight is 575 g/mol. The molecule has 0 spiro atoms. The molecule has 0 saturated heterocycles. The van der Waals surface area contributed by atoms with Gasteiger partial charge >= 0.3 is 0 Å². The predicted octanol–water partition coefficient (Wildman–Crippen LogP) is 9.59. The van der Waals surface area contributed by atoms with Gasteiger partial charge in [-0.15, -0.1) is 0 Å². The molecule has 0 unspecified atom stereocenters. The second-order valence-corrected chi connectivity index (χ2v) is 13.2. The second kappa shape index (κ2) is 9.78. The van der Waals surface area contributed by atoms with Gasteiger partial charge in [-0.25, -0.2) is 9.98 Å². The third-order valence-electron chi connectivity index (χ3n) is 8.68. The van der Waals surface area contributed by atoms with Crippen molar-refractivity contribution in [1.82, 2.24) is 0 Å². The fourth-order valence-electron chi connectivity index (χ4n) is 6.46. The molecule has 6 aromatic rings. The summed E-state index contributed by atoms with van der Waals surface area (Å²) in [6.07, 6.45) is 0. The number of nitrogens with zero attached hydrogens (tertiary/aromatic N) is 2. The maximum absolute atomic E-state index is 6.12. The molecule has 4 nitrogen and oxygen atoms in total. The molecule has 0 N–H and O–H groups in total. The van der Waals surface area contributed by atoms with Crippen molar-refractivity contribution < 1.29 is 9.47 Å². The zero-order valence-electron chi connectivity index (χ0n) is 25.5. The fourth-order valence-corrected chi connectivity index (χ4v) is 6.46. The minimum absolute atomic E-state index is 0.257. The van der Waals surface area contributed by atoms with Crippen molar-refractivity contribution in [1.29, 1.82) is 0 Å². The molecule has 2 heterocycles. The van der Waals surface area contributed by atoms with E-state index < -0.39 is 0 Å². The van der Waals surface area contributed by atoms with Gasteiger partial charge in [-0.2, -0.15) is 0 Å². The van der Waals surface area contributed by atoms with E-state index in [1.165, 1.54) is 43.4 Å². The lowest BCUT2D eigenvalue weighted by Crippen LogP contribution is -2.24. The van der Waals surface area contributed by atoms with E-state index in [1.807, 2.05) is 0 Å². The van der Waals surface area contributed by atoms with Crippen LogP contribution in [-0.2, 0) is 9.47 Å². The third kappa shape index (κ3) is 4.62. The molecule has 0 aromatic heterocycles. The minimum atomic E-state index is -0.257. The molecule has 0 fully saturated rings. The Morgan fingerprint density at radius 1 is 0.409 bits per heavy atom. The van der Waals surface area contributed by atoms with E-state index in [-0.39, 0.29) is 11.2 Å². The summed E-state index contributed by atoms with van der Waals surface area (Å²) in [5.74, 6) is 1.45. The SMILES string of the molecule is CC1(C)CN=C(c2cccc(-c3ccc4c5ccc(-c6cccc(C7=NCC(C)(C)O7)c6)cc5c5ccccc5c4c3)c2)O1. The Morgan fingerprint density at radius 3 is 1.20 bits per heavy atom. The lowest BCUT2D eigenvalue weighted by molar-refractivity contribution is 0.131. The summed E-state index contributed by atoms with van der Waals surface area (Å²) in [5.41, 5.74) is 6.18. The van der Waals surface area contributed by atoms with Crippen LogP contribution in [0.2, 0.25) is 0 Å². The first-order valence-corrected chi connectivity index (χ1v) is 15.3. The molecule has 216 valence electrons. The molecular weight excluding hydrogens is 540 g/mol. The van der Waals surface area contributed by atoms with Gasteiger partial charge in [0, 0.05) is 11.1 Å². The average Bonchev–Trinajstić information content (AvgIpc) is 3.61. The lowest BCUT2D eigenvalue weighted by Gasteiger charge is -2.17. The zero-order valence-corrected chi connectivity index (χ0v) is 25.5. The van der Waals surface area contributed by atoms with Gasteiger partial charge in [0.15, 0.2) is 0 Å². The van der Waals surface area contributed by atoms with Crippen molar-refractivity contribution >= 4 is 44.1 Å². The van der Waals surface area contributed by atoms with Crippen LogP contribution in [0.3, 0.4) is 0 Å². The summed E-state index contributed by atoms with van der Waals surface area (Å²) in [6, 6.07) is 39.5. The molecule has 44 heavy (non-hydrogen) atoms. The van der Waals surface area contributed by atoms with Gasteiger partial charge in [-0.05, 0) is 119 Å². The molecule has 2 aliphatic heterocycles. The third-order valence-corrected chi connectivity index (χ3v) is 8.68. The Hall–Kier alpha value is -4.96. The monoisotopic (exact) mass is 574 g/mol. The maximum atomic E-state index is 6.12. The van der Waals surface area contributed by atoms with Gasteiger partial charge in [-0.3, -0.25) is 0 Å². The highest BCUT2D eigenvalue weighted by Crippen LogP contribution is 2.39. The van der Waals surface area contributed by atoms with Crippen LogP contribution in [0.5, 0.6) is 0 Å². The number of aliphatic imine (C=N–C) groups is 2. The molecule has 8 rings (SSSR count). The van der Waals surface area contributed by atoms with Gasteiger partial charge in [0.05, 0.1) is 13.1 Å². The molecular formula is C40H34N2O2. The molecule has 0 bridgehead atoms. The number of ether oxygens (including phenoxy) is 2. The number of benzene rings is 6. The Morgan fingerprint density at radius 2 is 0.795 bits per heavy atom. The van der Waals surface area contributed by atoms with E-state index in [0.29, 0.717) is 13.1 Å². The Balaban J connectivity index is 1.23. The summed E-state index contributed by atoms with van der Waals surface area (Å²) in [5, 5.41) is 7.50. The van der Waals surface area contributed by atoms with Gasteiger partial charge in [0.25, 0.3) is 0 Å². The lowest BCUT2D eigenvalue weighted by atomic mass is 9.90. The van der Waals surface area contributed by atoms with Crippen molar-refractivity contribution in [3.05, 3.63) is 120 Å². The Bertz CT molecular complexity index is 2010. The quantitative estimate of drug-likeness (QED) is 0.197. The summed E-state index contributed by atoms with van der Waals surface area (Å²) in [6.45, 7) is 9.66. The summed E-state index contributed by atoms with van der Waals surface area (Å²) in [4.78, 5) is 9.32. The van der Waals surface area contributed by atoms with Crippen LogP contribution in [0.15, 0.2) is 119 Å². The molecule has 6 aromatic carbocycles. The highest BCUT2D eigenvalue weighted by atomic mass is 16.5. The van der Waals surface area contributed by atoms with Crippen molar-refractivity contribution in [3.8, 4) is 22.3 Å². The second-order valence-electron chi connectivity index (χ2n) is 13.2. The first-order valence-electron chi connectivity index (χ1n) is 15.3. The number of fused-ring (bicyclic) bond motifs is 6. The van der Waals surface area contributed by atoms with Crippen LogP contribution < -0.4 is 0 Å². The van der Waals surface area contributed by atoms with Gasteiger partial charge in [-0.1, -0.05) is 72.8 Å². The zero-order chi connectivity index (χ0) is 30.1. The Kier molecular flexibility index (Phi) is 5.93. The van der Waals surface area contributed by atoms with E-state index in [9.17, 15) is 0 Å². The first-order chi connectivity index (χ1) is 21.2. The highest BCUT2D eigenvalue weighted by molar-refractivity contribution is 6.26. The van der Waals surface area contributed by atoms with E-state index in [4.69, 9.17) is 9.47 Å². The standard InChI is InChI=1S/C40H34N2O2/c1-39(2)23-41-37(43-39)29-11-7-9-25(19-29)27-15-17-33-34-18-16-28(22-36(34)32-14-6-5-13-31(32)35(33)21-27)26-10-8-12-30(20-26)38-42-24-40(3,4)44-38/h5-22H,23-24H2,1-4H3. The normalized spacial score (nSPS) is 17.0. The molecule has 2 aliphatic rings. The molecule has 0 amide bonds. The molecule has 0 aliphatic carbocycles. The fraction of sp³-hybridized carbons (Fsp3) is 0.200. The number of hydrogen-bond acceptors (Lipinski definition) is 4. The maximum Gasteiger partial charge on any atom is 0.216 e. The van der Waals surface area contributed by atoms with E-state index >= 15 is 0 Å². The van der Waals surface area contributed by atoms with Crippen LogP contribution in [0.25, 0.3) is 54.6 Å². The first kappa shape index (κ1) is 26.7. The molecule has 0 atom stereocenters. The van der Waals surface area contributed by atoms with Crippen LogP contribution in [-0.4, -0.2) is 36.1 Å². The van der Waals surface area contributed by atoms with Crippen LogP contribution in [0.4, 0.5) is 0 Å². The smallest absolute Gasteiger partial charge is 0.216 e. The summed E-state index contributed by atoms with van der Waals surface area (Å²) in [7, 11) is 0. The van der Waals surface area contributed by atoms with Gasteiger partial charge in [0.1, 0.15) is 11.2 Å². The summed E-state index contributed by atoms with van der Waals surface area (Å²) >= 11 is 0. The van der Waals surface area contributed by atoms with E-state index in [2.05, 4.69) is 147 Å². The van der Waals surface area contributed by atoms with Crippen LogP contribution >= 0.6 is 0 Å². The van der Waals surface area contributed by atoms with E-state index in [1.54, 1.807) is 0 Å². The number of rotatable bonds is 4. The van der Waals surface area contributed by atoms with Crippen molar-refractivity contribution in [2.45, 2.75) is 38.9 Å². The molecule has 0 radical (unpaired) electrons.